The van der Waals surface area contributed by atoms with Crippen molar-refractivity contribution >= 4 is 5.91 Å². The molecule has 100 valence electrons. The molecule has 2 rings (SSSR count). The summed E-state index contributed by atoms with van der Waals surface area (Å²) in [4.78, 5) is 14.0. The lowest BCUT2D eigenvalue weighted by Crippen LogP contribution is -2.54. The Morgan fingerprint density at radius 3 is 2.50 bits per heavy atom. The molecule has 0 radical (unpaired) electrons. The summed E-state index contributed by atoms with van der Waals surface area (Å²) < 4.78 is 6.69. The van der Waals surface area contributed by atoms with Gasteiger partial charge in [0.05, 0.1) is 7.11 Å². The van der Waals surface area contributed by atoms with E-state index in [-0.39, 0.29) is 11.3 Å². The number of aryl methyl sites for hydroxylation is 1. The molecular weight excluding hydrogens is 230 g/mol. The van der Waals surface area contributed by atoms with Crippen LogP contribution in [0.4, 0.5) is 0 Å². The molecule has 5 heteroatoms. The van der Waals surface area contributed by atoms with Crippen LogP contribution < -0.4 is 4.74 Å². The maximum Gasteiger partial charge on any atom is 0.274 e. The van der Waals surface area contributed by atoms with Gasteiger partial charge >= 0.3 is 0 Å². The number of hydrogen-bond donors (Lipinski definition) is 0. The van der Waals surface area contributed by atoms with Crippen molar-refractivity contribution in [2.75, 3.05) is 20.2 Å². The Balaban J connectivity index is 2.01. The van der Waals surface area contributed by atoms with Crippen LogP contribution in [0.1, 0.15) is 31.3 Å². The summed E-state index contributed by atoms with van der Waals surface area (Å²) in [5.41, 5.74) is 0.722. The predicted molar refractivity (Wildman–Crippen MR) is 68.6 cm³/mol. The number of rotatable bonds is 2. The molecule has 0 saturated carbocycles. The van der Waals surface area contributed by atoms with E-state index in [2.05, 4.69) is 25.9 Å². The van der Waals surface area contributed by atoms with Crippen LogP contribution in [0, 0.1) is 11.3 Å². The molecule has 1 aliphatic heterocycles. The summed E-state index contributed by atoms with van der Waals surface area (Å²) in [6, 6.07) is 1.69. The number of amides is 1. The minimum absolute atomic E-state index is 0.00519. The third-order valence-corrected chi connectivity index (χ3v) is 3.66. The second-order valence-electron chi connectivity index (χ2n) is 5.97. The van der Waals surface area contributed by atoms with E-state index >= 15 is 0 Å². The van der Waals surface area contributed by atoms with E-state index in [4.69, 9.17) is 4.74 Å². The van der Waals surface area contributed by atoms with Gasteiger partial charge < -0.3 is 9.64 Å². The average molecular weight is 251 g/mol. The first-order valence-corrected chi connectivity index (χ1v) is 6.20. The van der Waals surface area contributed by atoms with Crippen molar-refractivity contribution in [3.05, 3.63) is 11.8 Å². The molecule has 5 nitrogen and oxygen atoms in total. The Labute approximate surface area is 108 Å². The van der Waals surface area contributed by atoms with E-state index in [9.17, 15) is 4.79 Å². The second kappa shape index (κ2) is 4.30. The highest BCUT2D eigenvalue weighted by atomic mass is 16.5. The normalized spacial score (nSPS) is 16.6. The number of hydrogen-bond acceptors (Lipinski definition) is 3. The van der Waals surface area contributed by atoms with Gasteiger partial charge in [-0.05, 0) is 11.3 Å². The van der Waals surface area contributed by atoms with E-state index in [0.717, 1.165) is 13.1 Å². The quantitative estimate of drug-likeness (QED) is 0.801. The number of carbonyl (C=O) groups is 1. The number of nitrogens with zero attached hydrogens (tertiary/aromatic N) is 3. The van der Waals surface area contributed by atoms with Gasteiger partial charge in [0.2, 0.25) is 5.88 Å². The van der Waals surface area contributed by atoms with Gasteiger partial charge in [-0.25, -0.2) is 4.68 Å². The van der Waals surface area contributed by atoms with Gasteiger partial charge in [-0.3, -0.25) is 4.79 Å². The fourth-order valence-electron chi connectivity index (χ4n) is 2.10. The second-order valence-corrected chi connectivity index (χ2v) is 5.97. The first kappa shape index (κ1) is 12.9. The molecule has 1 aliphatic rings. The molecule has 0 aromatic carbocycles. The molecule has 1 aromatic heterocycles. The maximum absolute atomic E-state index is 12.2. The van der Waals surface area contributed by atoms with E-state index in [1.165, 1.54) is 0 Å². The van der Waals surface area contributed by atoms with Crippen LogP contribution in [-0.2, 0) is 7.05 Å². The van der Waals surface area contributed by atoms with Crippen LogP contribution in [0.25, 0.3) is 0 Å². The Kier molecular flexibility index (Phi) is 3.09. The monoisotopic (exact) mass is 251 g/mol. The highest BCUT2D eigenvalue weighted by molar-refractivity contribution is 5.93. The van der Waals surface area contributed by atoms with Crippen molar-refractivity contribution in [3.63, 3.8) is 0 Å². The smallest absolute Gasteiger partial charge is 0.274 e. The molecule has 0 atom stereocenters. The van der Waals surface area contributed by atoms with Crippen LogP contribution in [-0.4, -0.2) is 40.8 Å². The first-order valence-electron chi connectivity index (χ1n) is 6.20. The Morgan fingerprint density at radius 2 is 2.06 bits per heavy atom. The van der Waals surface area contributed by atoms with E-state index in [1.807, 2.05) is 4.90 Å². The third kappa shape index (κ3) is 2.21. The lowest BCUT2D eigenvalue weighted by Gasteiger charge is -2.46. The lowest BCUT2D eigenvalue weighted by molar-refractivity contribution is 0.0205. The number of likely N-dealkylation sites (tertiary alicyclic amines) is 1. The van der Waals surface area contributed by atoms with Crippen molar-refractivity contribution in [1.29, 1.82) is 0 Å². The summed E-state index contributed by atoms with van der Waals surface area (Å²) in [6.07, 6.45) is 0. The first-order chi connectivity index (χ1) is 8.32. The van der Waals surface area contributed by atoms with Crippen LogP contribution in [0.3, 0.4) is 0 Å². The molecule has 1 fully saturated rings. The number of aromatic nitrogens is 2. The summed E-state index contributed by atoms with van der Waals surface area (Å²) >= 11 is 0. The SMILES string of the molecule is COc1cc(C(=O)N2CC(C(C)(C)C)C2)nn1C. The summed E-state index contributed by atoms with van der Waals surface area (Å²) in [7, 11) is 3.34. The lowest BCUT2D eigenvalue weighted by atomic mass is 9.76. The van der Waals surface area contributed by atoms with Gasteiger partial charge in [0.1, 0.15) is 0 Å². The summed E-state index contributed by atoms with van der Waals surface area (Å²) in [6.45, 7) is 8.28. The van der Waals surface area contributed by atoms with Crippen molar-refractivity contribution in [1.82, 2.24) is 14.7 Å². The van der Waals surface area contributed by atoms with Crippen molar-refractivity contribution < 1.29 is 9.53 Å². The van der Waals surface area contributed by atoms with Crippen LogP contribution in [0.5, 0.6) is 5.88 Å². The fraction of sp³-hybridized carbons (Fsp3) is 0.692. The number of methoxy groups -OCH3 is 1. The molecule has 1 aromatic rings. The zero-order chi connectivity index (χ0) is 13.5. The Hall–Kier alpha value is -1.52. The topological polar surface area (TPSA) is 47.4 Å². The molecule has 0 unspecified atom stereocenters. The van der Waals surface area contributed by atoms with E-state index < -0.39 is 0 Å². The zero-order valence-corrected chi connectivity index (χ0v) is 11.7. The van der Waals surface area contributed by atoms with Crippen molar-refractivity contribution in [2.45, 2.75) is 20.8 Å². The Bertz CT molecular complexity index is 453. The van der Waals surface area contributed by atoms with E-state index in [0.29, 0.717) is 17.5 Å². The summed E-state index contributed by atoms with van der Waals surface area (Å²) in [5.74, 6) is 1.17. The zero-order valence-electron chi connectivity index (χ0n) is 11.7. The standard InChI is InChI=1S/C13H21N3O2/c1-13(2,3)9-7-16(8-9)12(17)10-6-11(18-5)15(4)14-10/h6,9H,7-8H2,1-5H3. The minimum Gasteiger partial charge on any atom is -0.481 e. The molecule has 0 aliphatic carbocycles. The van der Waals surface area contributed by atoms with Gasteiger partial charge in [-0.15, -0.1) is 0 Å². The van der Waals surface area contributed by atoms with Gasteiger partial charge in [-0.1, -0.05) is 20.8 Å². The van der Waals surface area contributed by atoms with Gasteiger partial charge in [0.25, 0.3) is 5.91 Å². The van der Waals surface area contributed by atoms with Crippen molar-refractivity contribution in [2.24, 2.45) is 18.4 Å². The highest BCUT2D eigenvalue weighted by Crippen LogP contribution is 2.34. The maximum atomic E-state index is 12.2. The van der Waals surface area contributed by atoms with E-state index in [1.54, 1.807) is 24.9 Å². The van der Waals surface area contributed by atoms with Crippen molar-refractivity contribution in [3.8, 4) is 5.88 Å². The number of ether oxygens (including phenoxy) is 1. The predicted octanol–water partition coefficient (Wildman–Crippen LogP) is 1.55. The summed E-state index contributed by atoms with van der Waals surface area (Å²) in [5, 5.41) is 4.17. The average Bonchev–Trinajstić information content (AvgIpc) is 2.55. The van der Waals surface area contributed by atoms with Gasteiger partial charge in [0.15, 0.2) is 5.69 Å². The molecule has 1 amide bonds. The van der Waals surface area contributed by atoms with Gasteiger partial charge in [-0.2, -0.15) is 5.10 Å². The van der Waals surface area contributed by atoms with Crippen LogP contribution >= 0.6 is 0 Å². The van der Waals surface area contributed by atoms with Gasteiger partial charge in [0, 0.05) is 26.2 Å². The number of carbonyl (C=O) groups excluding carboxylic acids is 1. The Morgan fingerprint density at radius 1 is 1.44 bits per heavy atom. The minimum atomic E-state index is -0.00519. The molecule has 1 saturated heterocycles. The highest BCUT2D eigenvalue weighted by Gasteiger charge is 2.39. The largest absolute Gasteiger partial charge is 0.481 e. The molecule has 0 spiro atoms. The fourth-order valence-corrected chi connectivity index (χ4v) is 2.10. The molecular formula is C13H21N3O2. The molecule has 2 heterocycles. The third-order valence-electron chi connectivity index (χ3n) is 3.66. The van der Waals surface area contributed by atoms with Crippen LogP contribution in [0.2, 0.25) is 0 Å². The molecule has 0 bridgehead atoms. The molecule has 0 N–H and O–H groups in total. The van der Waals surface area contributed by atoms with Crippen LogP contribution in [0.15, 0.2) is 6.07 Å². The molecule has 18 heavy (non-hydrogen) atoms.